The number of aliphatic hydroxyl groups excluding tert-OH is 1. The molecule has 2 saturated carbocycles. The number of carbonyl (C=O) groups is 1. The molecule has 0 unspecified atom stereocenters. The third-order valence-electron chi connectivity index (χ3n) is 8.17. The number of ether oxygens (including phenoxy) is 2. The zero-order chi connectivity index (χ0) is 25.3. The van der Waals surface area contributed by atoms with E-state index >= 15 is 0 Å². The van der Waals surface area contributed by atoms with Crippen molar-refractivity contribution >= 4 is 5.97 Å². The molecule has 36 heavy (non-hydrogen) atoms. The first-order chi connectivity index (χ1) is 17.5. The van der Waals surface area contributed by atoms with Crippen molar-refractivity contribution in [3.05, 3.63) is 65.7 Å². The number of rotatable bonds is 10. The standard InChI is InChI=1S/C32H42O4/c1-23(2)32(34)36-21-20-35-31-22-30(17-16-29(31)18-19-33)28-14-12-27(13-15-28)26-10-8-25(9-11-26)24-6-4-3-5-7-24/h12-17,22,24-26,33H,1,3-11,18-21H2,2H3. The maximum absolute atomic E-state index is 11.6. The van der Waals surface area contributed by atoms with Crippen molar-refractivity contribution in [3.63, 3.8) is 0 Å². The summed E-state index contributed by atoms with van der Waals surface area (Å²) in [5.74, 6) is 2.95. The molecule has 2 aliphatic carbocycles. The number of benzene rings is 2. The lowest BCUT2D eigenvalue weighted by molar-refractivity contribution is -0.139. The predicted octanol–water partition coefficient (Wildman–Crippen LogP) is 7.24. The Morgan fingerprint density at radius 2 is 1.56 bits per heavy atom. The molecule has 0 amide bonds. The highest BCUT2D eigenvalue weighted by Crippen LogP contribution is 2.43. The molecule has 0 aliphatic heterocycles. The Kier molecular flexibility index (Phi) is 9.63. The molecule has 4 heteroatoms. The van der Waals surface area contributed by atoms with Gasteiger partial charge in [0.1, 0.15) is 19.0 Å². The van der Waals surface area contributed by atoms with Crippen LogP contribution in [0.3, 0.4) is 0 Å². The van der Waals surface area contributed by atoms with Crippen molar-refractivity contribution in [2.24, 2.45) is 11.8 Å². The lowest BCUT2D eigenvalue weighted by Crippen LogP contribution is -2.23. The summed E-state index contributed by atoms with van der Waals surface area (Å²) in [6.07, 6.45) is 13.2. The Morgan fingerprint density at radius 3 is 2.22 bits per heavy atom. The Hall–Kier alpha value is -2.59. The van der Waals surface area contributed by atoms with Crippen molar-refractivity contribution in [3.8, 4) is 16.9 Å². The highest BCUT2D eigenvalue weighted by molar-refractivity contribution is 5.86. The zero-order valence-electron chi connectivity index (χ0n) is 21.8. The number of hydrogen-bond donors (Lipinski definition) is 1. The fourth-order valence-corrected chi connectivity index (χ4v) is 6.08. The van der Waals surface area contributed by atoms with Crippen LogP contribution in [0.4, 0.5) is 0 Å². The van der Waals surface area contributed by atoms with Gasteiger partial charge in [0.2, 0.25) is 0 Å². The van der Waals surface area contributed by atoms with Crippen molar-refractivity contribution in [2.45, 2.75) is 77.0 Å². The summed E-state index contributed by atoms with van der Waals surface area (Å²) in [7, 11) is 0. The van der Waals surface area contributed by atoms with Crippen molar-refractivity contribution in [1.82, 2.24) is 0 Å². The molecule has 0 radical (unpaired) electrons. The van der Waals surface area contributed by atoms with Gasteiger partial charge in [-0.15, -0.1) is 0 Å². The van der Waals surface area contributed by atoms with E-state index in [9.17, 15) is 9.90 Å². The average molecular weight is 491 g/mol. The first kappa shape index (κ1) is 26.5. The van der Waals surface area contributed by atoms with E-state index in [1.54, 1.807) is 6.92 Å². The number of hydrogen-bond acceptors (Lipinski definition) is 4. The third-order valence-corrected chi connectivity index (χ3v) is 8.17. The Morgan fingerprint density at radius 1 is 0.889 bits per heavy atom. The maximum Gasteiger partial charge on any atom is 0.333 e. The third kappa shape index (κ3) is 7.00. The summed E-state index contributed by atoms with van der Waals surface area (Å²) >= 11 is 0. The van der Waals surface area contributed by atoms with Crippen LogP contribution < -0.4 is 4.74 Å². The van der Waals surface area contributed by atoms with Crippen LogP contribution in [0, 0.1) is 11.8 Å². The summed E-state index contributed by atoms with van der Waals surface area (Å²) in [4.78, 5) is 11.6. The van der Waals surface area contributed by atoms with Gasteiger partial charge in [0, 0.05) is 12.2 Å². The van der Waals surface area contributed by atoms with Gasteiger partial charge in [-0.3, -0.25) is 0 Å². The molecule has 0 bridgehead atoms. The molecule has 4 rings (SSSR count). The van der Waals surface area contributed by atoms with Gasteiger partial charge in [-0.1, -0.05) is 75.1 Å². The van der Waals surface area contributed by atoms with Crippen LogP contribution in [-0.2, 0) is 16.0 Å². The molecule has 2 aromatic carbocycles. The van der Waals surface area contributed by atoms with Gasteiger partial charge in [-0.2, -0.15) is 0 Å². The highest BCUT2D eigenvalue weighted by atomic mass is 16.6. The maximum atomic E-state index is 11.6. The minimum Gasteiger partial charge on any atom is -0.490 e. The van der Waals surface area contributed by atoms with Gasteiger partial charge in [-0.05, 0) is 85.1 Å². The minimum absolute atomic E-state index is 0.0536. The molecule has 4 nitrogen and oxygen atoms in total. The molecular formula is C32H42O4. The van der Waals surface area contributed by atoms with E-state index in [2.05, 4.69) is 36.9 Å². The topological polar surface area (TPSA) is 55.8 Å². The molecule has 0 saturated heterocycles. The van der Waals surface area contributed by atoms with Crippen LogP contribution in [0.15, 0.2) is 54.6 Å². The molecule has 2 fully saturated rings. The van der Waals surface area contributed by atoms with Gasteiger partial charge >= 0.3 is 5.97 Å². The SMILES string of the molecule is C=C(C)C(=O)OCCOc1cc(-c2ccc(C3CCC(C4CCCCC4)CC3)cc2)ccc1CCO. The Balaban J connectivity index is 1.36. The summed E-state index contributed by atoms with van der Waals surface area (Å²) < 4.78 is 11.1. The minimum atomic E-state index is -0.412. The average Bonchev–Trinajstić information content (AvgIpc) is 2.92. The van der Waals surface area contributed by atoms with Gasteiger partial charge in [0.15, 0.2) is 0 Å². The lowest BCUT2D eigenvalue weighted by Gasteiger charge is -2.36. The summed E-state index contributed by atoms with van der Waals surface area (Å²) in [5, 5.41) is 9.45. The van der Waals surface area contributed by atoms with Crippen molar-refractivity contribution < 1.29 is 19.4 Å². The highest BCUT2D eigenvalue weighted by Gasteiger charge is 2.29. The zero-order valence-corrected chi connectivity index (χ0v) is 21.8. The largest absolute Gasteiger partial charge is 0.490 e. The second-order valence-electron chi connectivity index (χ2n) is 10.7. The Labute approximate surface area is 216 Å². The van der Waals surface area contributed by atoms with Gasteiger partial charge < -0.3 is 14.6 Å². The molecule has 2 aliphatic rings. The van der Waals surface area contributed by atoms with Gasteiger partial charge in [0.05, 0.1) is 0 Å². The fraction of sp³-hybridized carbons (Fsp3) is 0.531. The predicted molar refractivity (Wildman–Crippen MR) is 145 cm³/mol. The molecule has 0 aromatic heterocycles. The molecule has 0 atom stereocenters. The summed E-state index contributed by atoms with van der Waals surface area (Å²) in [6, 6.07) is 15.2. The smallest absolute Gasteiger partial charge is 0.333 e. The Bertz CT molecular complexity index is 995. The summed E-state index contributed by atoms with van der Waals surface area (Å²) in [6.45, 7) is 5.68. The molecule has 1 N–H and O–H groups in total. The van der Waals surface area contributed by atoms with Gasteiger partial charge in [-0.25, -0.2) is 4.79 Å². The summed E-state index contributed by atoms with van der Waals surface area (Å²) in [5.41, 5.74) is 5.02. The molecule has 194 valence electrons. The van der Waals surface area contributed by atoms with E-state index < -0.39 is 5.97 Å². The first-order valence-electron chi connectivity index (χ1n) is 13.8. The normalized spacial score (nSPS) is 20.6. The van der Waals surface area contributed by atoms with Crippen LogP contribution in [-0.4, -0.2) is 30.9 Å². The number of esters is 1. The van der Waals surface area contributed by atoms with Crippen LogP contribution >= 0.6 is 0 Å². The lowest BCUT2D eigenvalue weighted by atomic mass is 9.70. The second kappa shape index (κ2) is 13.1. The van der Waals surface area contributed by atoms with E-state index in [0.717, 1.165) is 34.3 Å². The molecular weight excluding hydrogens is 448 g/mol. The fourth-order valence-electron chi connectivity index (χ4n) is 6.08. The monoisotopic (exact) mass is 490 g/mol. The quantitative estimate of drug-likeness (QED) is 0.217. The van der Waals surface area contributed by atoms with Crippen molar-refractivity contribution in [2.75, 3.05) is 19.8 Å². The van der Waals surface area contributed by atoms with E-state index in [0.29, 0.717) is 17.9 Å². The molecule has 0 heterocycles. The molecule has 2 aromatic rings. The van der Waals surface area contributed by atoms with E-state index in [1.807, 2.05) is 12.1 Å². The van der Waals surface area contributed by atoms with Crippen LogP contribution in [0.2, 0.25) is 0 Å². The van der Waals surface area contributed by atoms with Gasteiger partial charge in [0.25, 0.3) is 0 Å². The molecule has 0 spiro atoms. The van der Waals surface area contributed by atoms with Crippen LogP contribution in [0.1, 0.15) is 81.8 Å². The second-order valence-corrected chi connectivity index (χ2v) is 10.7. The van der Waals surface area contributed by atoms with E-state index in [1.165, 1.54) is 63.4 Å². The van der Waals surface area contributed by atoms with Crippen molar-refractivity contribution in [1.29, 1.82) is 0 Å². The van der Waals surface area contributed by atoms with E-state index in [4.69, 9.17) is 9.47 Å². The number of aliphatic hydroxyl groups is 1. The van der Waals surface area contributed by atoms with Crippen LogP contribution in [0.5, 0.6) is 5.75 Å². The van der Waals surface area contributed by atoms with E-state index in [-0.39, 0.29) is 19.8 Å². The first-order valence-corrected chi connectivity index (χ1v) is 13.8. The number of carbonyl (C=O) groups excluding carboxylic acids is 1. The van der Waals surface area contributed by atoms with Crippen LogP contribution in [0.25, 0.3) is 11.1 Å².